The van der Waals surface area contributed by atoms with Crippen LogP contribution in [0.4, 0.5) is 5.95 Å². The molecule has 1 saturated carbocycles. The smallest absolute Gasteiger partial charge is 0.225 e. The number of nitrogens with one attached hydrogen (secondary N) is 1. The predicted molar refractivity (Wildman–Crippen MR) is 118 cm³/mol. The molecule has 160 valence electrons. The molecule has 1 N–H and O–H groups in total. The molecule has 0 amide bonds. The Morgan fingerprint density at radius 1 is 1.19 bits per heavy atom. The van der Waals surface area contributed by atoms with Crippen molar-refractivity contribution in [1.82, 2.24) is 34.7 Å². The van der Waals surface area contributed by atoms with Crippen LogP contribution in [0.3, 0.4) is 0 Å². The van der Waals surface area contributed by atoms with Crippen molar-refractivity contribution in [3.05, 3.63) is 42.4 Å². The summed E-state index contributed by atoms with van der Waals surface area (Å²) in [7, 11) is 1.69. The predicted octanol–water partition coefficient (Wildman–Crippen LogP) is 3.38. The van der Waals surface area contributed by atoms with Gasteiger partial charge in [-0.25, -0.2) is 4.98 Å². The van der Waals surface area contributed by atoms with Gasteiger partial charge in [-0.3, -0.25) is 4.68 Å². The monoisotopic (exact) mass is 418 g/mol. The lowest BCUT2D eigenvalue weighted by Crippen LogP contribution is -2.16. The van der Waals surface area contributed by atoms with Crippen LogP contribution in [0.15, 0.2) is 36.8 Å². The average molecular weight is 419 g/mol. The van der Waals surface area contributed by atoms with Gasteiger partial charge in [-0.2, -0.15) is 14.8 Å². The van der Waals surface area contributed by atoms with Crippen LogP contribution in [0.1, 0.15) is 31.2 Å². The number of nitrogens with zero attached hydrogens (tertiary/aromatic N) is 7. The van der Waals surface area contributed by atoms with Gasteiger partial charge in [0.2, 0.25) is 5.95 Å². The zero-order valence-corrected chi connectivity index (χ0v) is 17.8. The fourth-order valence-electron chi connectivity index (χ4n) is 4.14. The van der Waals surface area contributed by atoms with Crippen LogP contribution >= 0.6 is 0 Å². The van der Waals surface area contributed by atoms with Gasteiger partial charge in [-0.1, -0.05) is 24.1 Å². The number of anilines is 1. The number of aryl methyl sites for hydroxylation is 1. The lowest BCUT2D eigenvalue weighted by Gasteiger charge is -2.11. The van der Waals surface area contributed by atoms with E-state index in [9.17, 15) is 0 Å². The third-order valence-electron chi connectivity index (χ3n) is 5.80. The van der Waals surface area contributed by atoms with Crippen LogP contribution in [0, 0.1) is 6.92 Å². The van der Waals surface area contributed by atoms with Crippen molar-refractivity contribution >= 4 is 17.1 Å². The molecular formula is C22H26N8O. The van der Waals surface area contributed by atoms with Crippen molar-refractivity contribution in [2.24, 2.45) is 0 Å². The summed E-state index contributed by atoms with van der Waals surface area (Å²) in [6.07, 6.45) is 10.5. The highest BCUT2D eigenvalue weighted by atomic mass is 16.5. The molecule has 0 atom stereocenters. The highest BCUT2D eigenvalue weighted by Crippen LogP contribution is 2.26. The largest absolute Gasteiger partial charge is 0.383 e. The summed E-state index contributed by atoms with van der Waals surface area (Å²) >= 11 is 0. The molecule has 3 heterocycles. The molecule has 5 rings (SSSR count). The molecule has 31 heavy (non-hydrogen) atoms. The van der Waals surface area contributed by atoms with Crippen LogP contribution in [0.25, 0.3) is 28.0 Å². The summed E-state index contributed by atoms with van der Waals surface area (Å²) in [6.45, 7) is 3.46. The molecule has 0 bridgehead atoms. The first kappa shape index (κ1) is 19.6. The molecular weight excluding hydrogens is 392 g/mol. The SMILES string of the molecule is COCCn1cc(-c2ccc(-n3nnc4cnc(NC5CCCC5)nc43)cc2C)cn1. The Bertz CT molecular complexity index is 1190. The molecule has 9 heteroatoms. The summed E-state index contributed by atoms with van der Waals surface area (Å²) in [5.74, 6) is 0.639. The molecule has 0 spiro atoms. The van der Waals surface area contributed by atoms with Gasteiger partial charge in [0.25, 0.3) is 0 Å². The number of hydrogen-bond acceptors (Lipinski definition) is 7. The lowest BCUT2D eigenvalue weighted by molar-refractivity contribution is 0.183. The average Bonchev–Trinajstić information content (AvgIpc) is 3.53. The minimum atomic E-state index is 0.452. The fraction of sp³-hybridized carbons (Fsp3) is 0.409. The normalized spacial score (nSPS) is 14.5. The third kappa shape index (κ3) is 4.00. The molecule has 0 radical (unpaired) electrons. The molecule has 1 aromatic carbocycles. The molecule has 1 aliphatic carbocycles. The Morgan fingerprint density at radius 2 is 2.06 bits per heavy atom. The van der Waals surface area contributed by atoms with Crippen LogP contribution in [-0.4, -0.2) is 54.5 Å². The second-order valence-corrected chi connectivity index (χ2v) is 8.01. The number of fused-ring (bicyclic) bond motifs is 1. The van der Waals surface area contributed by atoms with E-state index >= 15 is 0 Å². The fourth-order valence-corrected chi connectivity index (χ4v) is 4.14. The lowest BCUT2D eigenvalue weighted by atomic mass is 10.0. The van der Waals surface area contributed by atoms with E-state index in [2.05, 4.69) is 44.8 Å². The number of benzene rings is 1. The first-order valence-corrected chi connectivity index (χ1v) is 10.7. The summed E-state index contributed by atoms with van der Waals surface area (Å²) < 4.78 is 8.80. The van der Waals surface area contributed by atoms with Crippen molar-refractivity contribution in [2.75, 3.05) is 19.0 Å². The number of methoxy groups -OCH3 is 1. The van der Waals surface area contributed by atoms with Gasteiger partial charge in [0.1, 0.15) is 0 Å². The maximum absolute atomic E-state index is 5.13. The molecule has 0 saturated heterocycles. The van der Waals surface area contributed by atoms with Crippen molar-refractivity contribution in [2.45, 2.75) is 45.2 Å². The summed E-state index contributed by atoms with van der Waals surface area (Å²) in [4.78, 5) is 9.12. The molecule has 1 fully saturated rings. The van der Waals surface area contributed by atoms with E-state index in [1.807, 2.05) is 23.1 Å². The molecule has 0 unspecified atom stereocenters. The zero-order valence-electron chi connectivity index (χ0n) is 17.8. The second kappa shape index (κ2) is 8.43. The molecule has 0 aliphatic heterocycles. The van der Waals surface area contributed by atoms with Crippen LogP contribution in [-0.2, 0) is 11.3 Å². The Labute approximate surface area is 180 Å². The van der Waals surface area contributed by atoms with Gasteiger partial charge in [-0.05, 0) is 43.0 Å². The first-order valence-electron chi connectivity index (χ1n) is 10.7. The highest BCUT2D eigenvalue weighted by molar-refractivity contribution is 5.73. The van der Waals surface area contributed by atoms with Crippen LogP contribution < -0.4 is 5.32 Å². The Hall–Kier alpha value is -3.33. The minimum absolute atomic E-state index is 0.452. The molecule has 1 aliphatic rings. The van der Waals surface area contributed by atoms with E-state index < -0.39 is 0 Å². The van der Waals surface area contributed by atoms with Crippen LogP contribution in [0.2, 0.25) is 0 Å². The van der Waals surface area contributed by atoms with Gasteiger partial charge in [0.05, 0.1) is 31.2 Å². The van der Waals surface area contributed by atoms with Crippen molar-refractivity contribution < 1.29 is 4.74 Å². The van der Waals surface area contributed by atoms with E-state index in [0.29, 0.717) is 29.8 Å². The van der Waals surface area contributed by atoms with Gasteiger partial charge in [0, 0.05) is 24.9 Å². The number of hydrogen-bond donors (Lipinski definition) is 1. The minimum Gasteiger partial charge on any atom is -0.383 e. The zero-order chi connectivity index (χ0) is 21.2. The maximum atomic E-state index is 5.13. The summed E-state index contributed by atoms with van der Waals surface area (Å²) in [6, 6.07) is 6.68. The highest BCUT2D eigenvalue weighted by Gasteiger charge is 2.17. The van der Waals surface area contributed by atoms with E-state index in [0.717, 1.165) is 28.9 Å². The second-order valence-electron chi connectivity index (χ2n) is 8.01. The molecule has 9 nitrogen and oxygen atoms in total. The topological polar surface area (TPSA) is 95.6 Å². The van der Waals surface area contributed by atoms with Crippen molar-refractivity contribution in [3.63, 3.8) is 0 Å². The van der Waals surface area contributed by atoms with E-state index in [4.69, 9.17) is 9.72 Å². The number of ether oxygens (including phenoxy) is 1. The first-order chi connectivity index (χ1) is 15.2. The van der Waals surface area contributed by atoms with E-state index in [1.165, 1.54) is 25.7 Å². The van der Waals surface area contributed by atoms with Crippen molar-refractivity contribution in [1.29, 1.82) is 0 Å². The summed E-state index contributed by atoms with van der Waals surface area (Å²) in [5, 5.41) is 16.4. The van der Waals surface area contributed by atoms with Crippen LogP contribution in [0.5, 0.6) is 0 Å². The van der Waals surface area contributed by atoms with Gasteiger partial charge < -0.3 is 10.1 Å². The summed E-state index contributed by atoms with van der Waals surface area (Å²) in [5.41, 5.74) is 5.64. The number of rotatable bonds is 7. The van der Waals surface area contributed by atoms with Gasteiger partial charge >= 0.3 is 0 Å². The van der Waals surface area contributed by atoms with E-state index in [-0.39, 0.29) is 0 Å². The molecule has 4 aromatic rings. The number of aromatic nitrogens is 7. The van der Waals surface area contributed by atoms with Gasteiger partial charge in [-0.15, -0.1) is 5.10 Å². The third-order valence-corrected chi connectivity index (χ3v) is 5.80. The Balaban J connectivity index is 1.43. The molecule has 3 aromatic heterocycles. The van der Waals surface area contributed by atoms with Gasteiger partial charge in [0.15, 0.2) is 11.2 Å². The Kier molecular flexibility index (Phi) is 5.33. The quantitative estimate of drug-likeness (QED) is 0.491. The Morgan fingerprint density at radius 3 is 2.87 bits per heavy atom. The maximum Gasteiger partial charge on any atom is 0.225 e. The van der Waals surface area contributed by atoms with E-state index in [1.54, 1.807) is 18.0 Å². The standard InChI is InChI=1S/C22H26N8O/c1-15-11-18(7-8-19(15)16-12-24-29(14-16)9-10-31-2)30-21-20(27-28-30)13-23-22(26-21)25-17-5-3-4-6-17/h7-8,11-14,17H,3-6,9-10H2,1-2H3,(H,23,25,26). The van der Waals surface area contributed by atoms with Crippen molar-refractivity contribution in [3.8, 4) is 16.8 Å².